The normalized spacial score (nSPS) is 10.5. The summed E-state index contributed by atoms with van der Waals surface area (Å²) in [7, 11) is 1.53. The highest BCUT2D eigenvalue weighted by Gasteiger charge is 2.23. The summed E-state index contributed by atoms with van der Waals surface area (Å²) in [6.45, 7) is 3.94. The molecule has 0 bridgehead atoms. The minimum atomic E-state index is -0.471. The highest BCUT2D eigenvalue weighted by molar-refractivity contribution is 9.10. The van der Waals surface area contributed by atoms with E-state index in [1.54, 1.807) is 26.0 Å². The molecular weight excluding hydrogens is 376 g/mol. The molecule has 0 fully saturated rings. The van der Waals surface area contributed by atoms with Crippen molar-refractivity contribution in [3.8, 4) is 0 Å². The molecule has 1 heterocycles. The second kappa shape index (κ2) is 8.12. The number of carbonyl (C=O) groups is 2. The molecule has 24 heavy (non-hydrogen) atoms. The summed E-state index contributed by atoms with van der Waals surface area (Å²) in [5.41, 5.74) is 2.54. The van der Waals surface area contributed by atoms with Crippen molar-refractivity contribution in [1.82, 2.24) is 4.98 Å². The van der Waals surface area contributed by atoms with Crippen LogP contribution in [-0.2, 0) is 9.47 Å². The molecule has 0 aliphatic carbocycles. The molecule has 0 aliphatic heterocycles. The van der Waals surface area contributed by atoms with Crippen molar-refractivity contribution >= 4 is 33.5 Å². The molecule has 1 aromatic heterocycles. The zero-order valence-corrected chi connectivity index (χ0v) is 15.3. The van der Waals surface area contributed by atoms with Crippen LogP contribution in [0.25, 0.3) is 0 Å². The zero-order chi connectivity index (χ0) is 17.7. The van der Waals surface area contributed by atoms with Crippen LogP contribution in [0.15, 0.2) is 28.7 Å². The lowest BCUT2D eigenvalue weighted by Crippen LogP contribution is -2.14. The smallest absolute Gasteiger partial charge is 0.340 e. The number of aryl methyl sites for hydroxylation is 1. The van der Waals surface area contributed by atoms with Gasteiger partial charge in [-0.25, -0.2) is 4.79 Å². The second-order valence-electron chi connectivity index (χ2n) is 5.21. The van der Waals surface area contributed by atoms with Gasteiger partial charge in [0.25, 0.3) is 5.91 Å². The number of rotatable bonds is 6. The molecule has 2 rings (SSSR count). The fourth-order valence-electron chi connectivity index (χ4n) is 2.30. The standard InChI is InChI=1S/C17H19BrN2O4/c1-10-14(17(22)24-9-8-23-3)11(2)19-15(10)16(21)20-13-6-4-12(18)5-7-13/h4-7,19H,8-9H2,1-3H3,(H,20,21). The summed E-state index contributed by atoms with van der Waals surface area (Å²) in [6.07, 6.45) is 0. The third-order valence-corrected chi connectivity index (χ3v) is 4.02. The first kappa shape index (κ1) is 18.2. The van der Waals surface area contributed by atoms with Crippen LogP contribution in [0.1, 0.15) is 32.1 Å². The van der Waals surface area contributed by atoms with Crippen LogP contribution in [0.2, 0.25) is 0 Å². The monoisotopic (exact) mass is 394 g/mol. The molecule has 2 aromatic rings. The topological polar surface area (TPSA) is 80.4 Å². The number of aromatic nitrogens is 1. The number of methoxy groups -OCH3 is 1. The van der Waals surface area contributed by atoms with Crippen LogP contribution in [-0.4, -0.2) is 37.2 Å². The van der Waals surface area contributed by atoms with Crippen molar-refractivity contribution in [2.75, 3.05) is 25.6 Å². The Morgan fingerprint density at radius 2 is 1.83 bits per heavy atom. The largest absolute Gasteiger partial charge is 0.460 e. The summed E-state index contributed by atoms with van der Waals surface area (Å²) in [5.74, 6) is -0.783. The molecule has 0 spiro atoms. The van der Waals surface area contributed by atoms with Gasteiger partial charge >= 0.3 is 5.97 Å². The molecule has 7 heteroatoms. The van der Waals surface area contributed by atoms with Crippen molar-refractivity contribution in [2.24, 2.45) is 0 Å². The van der Waals surface area contributed by atoms with E-state index in [0.29, 0.717) is 34.8 Å². The van der Waals surface area contributed by atoms with Crippen LogP contribution in [0.4, 0.5) is 5.69 Å². The number of carbonyl (C=O) groups excluding carboxylic acids is 2. The van der Waals surface area contributed by atoms with Crippen LogP contribution >= 0.6 is 15.9 Å². The molecule has 2 N–H and O–H groups in total. The molecule has 1 amide bonds. The summed E-state index contributed by atoms with van der Waals surface area (Å²) in [4.78, 5) is 27.6. The maximum absolute atomic E-state index is 12.4. The first-order chi connectivity index (χ1) is 11.4. The van der Waals surface area contributed by atoms with Crippen molar-refractivity contribution < 1.29 is 19.1 Å². The van der Waals surface area contributed by atoms with Gasteiger partial charge < -0.3 is 19.8 Å². The first-order valence-electron chi connectivity index (χ1n) is 7.36. The molecular formula is C17H19BrN2O4. The molecule has 1 aromatic carbocycles. The summed E-state index contributed by atoms with van der Waals surface area (Å²) in [5, 5.41) is 2.79. The average Bonchev–Trinajstić information content (AvgIpc) is 2.84. The summed E-state index contributed by atoms with van der Waals surface area (Å²) in [6, 6.07) is 7.24. The lowest BCUT2D eigenvalue weighted by atomic mass is 10.1. The molecule has 6 nitrogen and oxygen atoms in total. The van der Waals surface area contributed by atoms with E-state index in [0.717, 1.165) is 4.47 Å². The van der Waals surface area contributed by atoms with E-state index >= 15 is 0 Å². The van der Waals surface area contributed by atoms with Gasteiger partial charge in [0.05, 0.1) is 12.2 Å². The van der Waals surface area contributed by atoms with Crippen LogP contribution in [0, 0.1) is 13.8 Å². The fraction of sp³-hybridized carbons (Fsp3) is 0.294. The Hall–Kier alpha value is -2.12. The Balaban J connectivity index is 2.16. The number of aromatic amines is 1. The fourth-order valence-corrected chi connectivity index (χ4v) is 2.56. The highest BCUT2D eigenvalue weighted by Crippen LogP contribution is 2.21. The quantitative estimate of drug-likeness (QED) is 0.580. The minimum Gasteiger partial charge on any atom is -0.460 e. The van der Waals surface area contributed by atoms with Crippen molar-refractivity contribution in [1.29, 1.82) is 0 Å². The number of ether oxygens (including phenoxy) is 2. The zero-order valence-electron chi connectivity index (χ0n) is 13.7. The van der Waals surface area contributed by atoms with Gasteiger partial charge in [-0.3, -0.25) is 4.79 Å². The second-order valence-corrected chi connectivity index (χ2v) is 6.13. The molecule has 0 aliphatic rings. The maximum Gasteiger partial charge on any atom is 0.340 e. The molecule has 0 saturated heterocycles. The number of benzene rings is 1. The van der Waals surface area contributed by atoms with E-state index in [4.69, 9.17) is 9.47 Å². The average molecular weight is 395 g/mol. The van der Waals surface area contributed by atoms with E-state index in [-0.39, 0.29) is 12.5 Å². The summed E-state index contributed by atoms with van der Waals surface area (Å²) >= 11 is 3.34. The number of hydrogen-bond donors (Lipinski definition) is 2. The lowest BCUT2D eigenvalue weighted by Gasteiger charge is -2.06. The van der Waals surface area contributed by atoms with Crippen LogP contribution < -0.4 is 5.32 Å². The minimum absolute atomic E-state index is 0.166. The van der Waals surface area contributed by atoms with Crippen molar-refractivity contribution in [2.45, 2.75) is 13.8 Å². The van der Waals surface area contributed by atoms with Crippen LogP contribution in [0.5, 0.6) is 0 Å². The Morgan fingerprint density at radius 1 is 1.17 bits per heavy atom. The van der Waals surface area contributed by atoms with Gasteiger partial charge in [-0.2, -0.15) is 0 Å². The van der Waals surface area contributed by atoms with Gasteiger partial charge in [0.1, 0.15) is 12.3 Å². The third-order valence-electron chi connectivity index (χ3n) is 3.49. The number of hydrogen-bond acceptors (Lipinski definition) is 4. The Kier molecular flexibility index (Phi) is 6.16. The number of H-pyrrole nitrogens is 1. The Labute approximate surface area is 148 Å². The van der Waals surface area contributed by atoms with E-state index in [9.17, 15) is 9.59 Å². The van der Waals surface area contributed by atoms with Gasteiger partial charge in [0.2, 0.25) is 0 Å². The van der Waals surface area contributed by atoms with E-state index < -0.39 is 5.97 Å². The number of esters is 1. The molecule has 0 saturated carbocycles. The van der Waals surface area contributed by atoms with Gasteiger partial charge in [-0.15, -0.1) is 0 Å². The molecule has 128 valence electrons. The van der Waals surface area contributed by atoms with E-state index in [1.807, 2.05) is 12.1 Å². The highest BCUT2D eigenvalue weighted by atomic mass is 79.9. The van der Waals surface area contributed by atoms with Gasteiger partial charge in [0.15, 0.2) is 0 Å². The van der Waals surface area contributed by atoms with E-state index in [2.05, 4.69) is 26.2 Å². The Morgan fingerprint density at radius 3 is 2.46 bits per heavy atom. The number of anilines is 1. The summed E-state index contributed by atoms with van der Waals surface area (Å²) < 4.78 is 10.9. The lowest BCUT2D eigenvalue weighted by molar-refractivity contribution is 0.0387. The predicted molar refractivity (Wildman–Crippen MR) is 94.5 cm³/mol. The molecule has 0 unspecified atom stereocenters. The van der Waals surface area contributed by atoms with Crippen LogP contribution in [0.3, 0.4) is 0 Å². The predicted octanol–water partition coefficient (Wildman–Crippen LogP) is 3.45. The maximum atomic E-state index is 12.4. The number of nitrogens with one attached hydrogen (secondary N) is 2. The van der Waals surface area contributed by atoms with Crippen molar-refractivity contribution in [3.63, 3.8) is 0 Å². The molecule has 0 atom stereocenters. The van der Waals surface area contributed by atoms with E-state index in [1.165, 1.54) is 7.11 Å². The molecule has 0 radical (unpaired) electrons. The van der Waals surface area contributed by atoms with Gasteiger partial charge in [-0.1, -0.05) is 15.9 Å². The number of amides is 1. The Bertz CT molecular complexity index is 738. The van der Waals surface area contributed by atoms with Crippen molar-refractivity contribution in [3.05, 3.63) is 51.3 Å². The number of halogens is 1. The first-order valence-corrected chi connectivity index (χ1v) is 8.15. The third kappa shape index (κ3) is 4.24. The van der Waals surface area contributed by atoms with Gasteiger partial charge in [0, 0.05) is 23.0 Å². The van der Waals surface area contributed by atoms with Gasteiger partial charge in [-0.05, 0) is 43.7 Å². The SMILES string of the molecule is COCCOC(=O)c1c(C)[nH]c(C(=O)Nc2ccc(Br)cc2)c1C.